The number of nitrogens with two attached hydrogens (primary N) is 1. The van der Waals surface area contributed by atoms with Crippen molar-refractivity contribution >= 4 is 23.0 Å². The zero-order valence-corrected chi connectivity index (χ0v) is 11.2. The average molecular weight is 285 g/mol. The van der Waals surface area contributed by atoms with Crippen molar-refractivity contribution < 1.29 is 13.9 Å². The summed E-state index contributed by atoms with van der Waals surface area (Å²) in [6.07, 6.45) is 0. The summed E-state index contributed by atoms with van der Waals surface area (Å²) in [5.41, 5.74) is 6.66. The lowest BCUT2D eigenvalue weighted by atomic mass is 10.1. The maximum Gasteiger partial charge on any atom is 0.340 e. The lowest BCUT2D eigenvalue weighted by Crippen LogP contribution is -2.08. The largest absolute Gasteiger partial charge is 0.465 e. The number of nitrogens with zero attached hydrogens (tertiary/aromatic N) is 1. The zero-order valence-electron chi connectivity index (χ0n) is 11.2. The molecule has 2 aromatic carbocycles. The van der Waals surface area contributed by atoms with E-state index in [1.54, 1.807) is 18.2 Å². The van der Waals surface area contributed by atoms with Crippen LogP contribution in [0.1, 0.15) is 15.9 Å². The molecule has 21 heavy (non-hydrogen) atoms. The second-order valence-corrected chi connectivity index (χ2v) is 4.16. The van der Waals surface area contributed by atoms with Crippen LogP contribution in [0.25, 0.3) is 0 Å². The molecule has 2 aromatic rings. The first-order valence-corrected chi connectivity index (χ1v) is 6.01. The summed E-state index contributed by atoms with van der Waals surface area (Å²) in [7, 11) is 1.25. The molecular formula is C15H12FN3O2. The van der Waals surface area contributed by atoms with Crippen LogP contribution < -0.4 is 11.1 Å². The monoisotopic (exact) mass is 285 g/mol. The van der Waals surface area contributed by atoms with Crippen molar-refractivity contribution in [1.29, 1.82) is 5.26 Å². The fourth-order valence-corrected chi connectivity index (χ4v) is 1.87. The minimum absolute atomic E-state index is 0.156. The van der Waals surface area contributed by atoms with Crippen molar-refractivity contribution in [2.75, 3.05) is 18.2 Å². The van der Waals surface area contributed by atoms with Crippen molar-refractivity contribution in [2.45, 2.75) is 0 Å². The predicted octanol–water partition coefficient (Wildman–Crippen LogP) is 2.81. The highest BCUT2D eigenvalue weighted by atomic mass is 19.1. The Morgan fingerprint density at radius 2 is 2.05 bits per heavy atom. The van der Waals surface area contributed by atoms with Crippen LogP contribution >= 0.6 is 0 Å². The summed E-state index contributed by atoms with van der Waals surface area (Å²) in [6.45, 7) is 0. The Morgan fingerprint density at radius 1 is 1.33 bits per heavy atom. The molecule has 0 fully saturated rings. The molecule has 106 valence electrons. The number of nitriles is 1. The van der Waals surface area contributed by atoms with Gasteiger partial charge in [-0.25, -0.2) is 9.18 Å². The molecule has 0 saturated carbocycles. The topological polar surface area (TPSA) is 88.1 Å². The molecule has 0 aromatic heterocycles. The van der Waals surface area contributed by atoms with Crippen molar-refractivity contribution in [2.24, 2.45) is 0 Å². The van der Waals surface area contributed by atoms with E-state index in [0.29, 0.717) is 0 Å². The van der Waals surface area contributed by atoms with E-state index in [9.17, 15) is 9.18 Å². The Hall–Kier alpha value is -3.07. The number of ether oxygens (including phenoxy) is 1. The Morgan fingerprint density at radius 3 is 2.71 bits per heavy atom. The lowest BCUT2D eigenvalue weighted by Gasteiger charge is -2.14. The molecule has 0 bridgehead atoms. The maximum absolute atomic E-state index is 13.6. The molecule has 0 spiro atoms. The molecule has 0 unspecified atom stereocenters. The third-order valence-corrected chi connectivity index (χ3v) is 2.89. The number of carbonyl (C=O) groups excluding carboxylic acids is 1. The number of halogens is 1. The zero-order chi connectivity index (χ0) is 15.4. The van der Waals surface area contributed by atoms with E-state index in [4.69, 9.17) is 11.0 Å². The maximum atomic E-state index is 13.6. The Kier molecular flexibility index (Phi) is 4.05. The number of methoxy groups -OCH3 is 1. The van der Waals surface area contributed by atoms with E-state index in [2.05, 4.69) is 10.1 Å². The summed E-state index contributed by atoms with van der Waals surface area (Å²) in [5.74, 6) is -1.24. The average Bonchev–Trinajstić information content (AvgIpc) is 2.48. The molecule has 0 heterocycles. The molecule has 0 aliphatic rings. The molecule has 2 rings (SSSR count). The van der Waals surface area contributed by atoms with Gasteiger partial charge in [-0.2, -0.15) is 5.26 Å². The summed E-state index contributed by atoms with van der Waals surface area (Å²) in [6, 6.07) is 10.6. The van der Waals surface area contributed by atoms with E-state index < -0.39 is 11.8 Å². The number of anilines is 3. The Balaban J connectivity index is 2.53. The predicted molar refractivity (Wildman–Crippen MR) is 76.6 cm³/mol. The van der Waals surface area contributed by atoms with E-state index in [0.717, 1.165) is 0 Å². The van der Waals surface area contributed by atoms with Crippen LogP contribution in [0.4, 0.5) is 21.5 Å². The Labute approximate surface area is 120 Å². The third kappa shape index (κ3) is 2.77. The quantitative estimate of drug-likeness (QED) is 0.668. The minimum atomic E-state index is -0.656. The van der Waals surface area contributed by atoms with Crippen LogP contribution in [0.3, 0.4) is 0 Å². The van der Waals surface area contributed by atoms with Crippen molar-refractivity contribution in [3.05, 3.63) is 53.3 Å². The molecule has 0 atom stereocenters. The second-order valence-electron chi connectivity index (χ2n) is 4.16. The molecular weight excluding hydrogens is 273 g/mol. The first-order chi connectivity index (χ1) is 10.1. The van der Waals surface area contributed by atoms with Crippen LogP contribution in [0.5, 0.6) is 0 Å². The molecule has 5 nitrogen and oxygen atoms in total. The minimum Gasteiger partial charge on any atom is -0.465 e. The molecule has 0 saturated heterocycles. The number of rotatable bonds is 3. The highest BCUT2D eigenvalue weighted by Crippen LogP contribution is 2.30. The van der Waals surface area contributed by atoms with E-state index in [1.807, 2.05) is 0 Å². The highest BCUT2D eigenvalue weighted by molar-refractivity contribution is 6.00. The highest BCUT2D eigenvalue weighted by Gasteiger charge is 2.16. The number of hydrogen-bond donors (Lipinski definition) is 2. The van der Waals surface area contributed by atoms with Gasteiger partial charge in [0.25, 0.3) is 0 Å². The molecule has 0 aliphatic carbocycles. The van der Waals surface area contributed by atoms with Crippen LogP contribution in [-0.2, 0) is 4.74 Å². The molecule has 3 N–H and O–H groups in total. The molecule has 0 aliphatic heterocycles. The van der Waals surface area contributed by atoms with Crippen LogP contribution in [0.15, 0.2) is 36.4 Å². The SMILES string of the molecule is COC(=O)c1cccc(N)c1Nc1cccc(F)c1C#N. The van der Waals surface area contributed by atoms with Crippen LogP contribution in [0, 0.1) is 17.1 Å². The van der Waals surface area contributed by atoms with E-state index >= 15 is 0 Å². The number of nitrogen functional groups attached to an aromatic ring is 1. The number of carbonyl (C=O) groups is 1. The third-order valence-electron chi connectivity index (χ3n) is 2.89. The summed E-state index contributed by atoms with van der Waals surface area (Å²) >= 11 is 0. The van der Waals surface area contributed by atoms with Gasteiger partial charge in [-0.15, -0.1) is 0 Å². The van der Waals surface area contributed by atoms with Crippen molar-refractivity contribution in [3.8, 4) is 6.07 Å². The standard InChI is InChI=1S/C15H12FN3O2/c1-21-15(20)9-4-2-6-12(18)14(9)19-13-7-3-5-11(16)10(13)8-17/h2-7,19H,18H2,1H3. The summed E-state index contributed by atoms with van der Waals surface area (Å²) in [4.78, 5) is 11.7. The normalized spacial score (nSPS) is 9.76. The molecule has 0 amide bonds. The fourth-order valence-electron chi connectivity index (χ4n) is 1.87. The van der Waals surface area contributed by atoms with Gasteiger partial charge < -0.3 is 15.8 Å². The van der Waals surface area contributed by atoms with Gasteiger partial charge in [0, 0.05) is 0 Å². The number of hydrogen-bond acceptors (Lipinski definition) is 5. The van der Waals surface area contributed by atoms with Gasteiger partial charge in [-0.3, -0.25) is 0 Å². The van der Waals surface area contributed by atoms with Gasteiger partial charge in [0.05, 0.1) is 29.7 Å². The smallest absolute Gasteiger partial charge is 0.340 e. The number of para-hydroxylation sites is 1. The summed E-state index contributed by atoms with van der Waals surface area (Å²) in [5, 5.41) is 11.8. The molecule has 0 radical (unpaired) electrons. The van der Waals surface area contributed by atoms with Crippen molar-refractivity contribution in [3.63, 3.8) is 0 Å². The molecule has 6 heteroatoms. The van der Waals surface area contributed by atoms with Gasteiger partial charge in [-0.1, -0.05) is 12.1 Å². The first-order valence-electron chi connectivity index (χ1n) is 6.01. The van der Waals surface area contributed by atoms with Crippen molar-refractivity contribution in [1.82, 2.24) is 0 Å². The number of benzene rings is 2. The summed E-state index contributed by atoms with van der Waals surface area (Å²) < 4.78 is 18.3. The van der Waals surface area contributed by atoms with E-state index in [-0.39, 0.29) is 28.2 Å². The van der Waals surface area contributed by atoms with Gasteiger partial charge >= 0.3 is 5.97 Å². The lowest BCUT2D eigenvalue weighted by molar-refractivity contribution is 0.0602. The van der Waals surface area contributed by atoms with E-state index in [1.165, 1.54) is 31.4 Å². The van der Waals surface area contributed by atoms with Gasteiger partial charge in [0.1, 0.15) is 17.4 Å². The van der Waals surface area contributed by atoms with Gasteiger partial charge in [-0.05, 0) is 24.3 Å². The number of esters is 1. The second kappa shape index (κ2) is 5.92. The van der Waals surface area contributed by atoms with Crippen LogP contribution in [0.2, 0.25) is 0 Å². The van der Waals surface area contributed by atoms with Crippen LogP contribution in [-0.4, -0.2) is 13.1 Å². The fraction of sp³-hybridized carbons (Fsp3) is 0.0667. The Bertz CT molecular complexity index is 738. The van der Waals surface area contributed by atoms with Gasteiger partial charge in [0.2, 0.25) is 0 Å². The van der Waals surface area contributed by atoms with Gasteiger partial charge in [0.15, 0.2) is 0 Å². The first kappa shape index (κ1) is 14.3. The number of nitrogens with one attached hydrogen (secondary N) is 1.